The van der Waals surface area contributed by atoms with E-state index in [9.17, 15) is 4.79 Å². The first-order valence-electron chi connectivity index (χ1n) is 6.57. The maximum atomic E-state index is 11.1. The van der Waals surface area contributed by atoms with Gasteiger partial charge in [-0.25, -0.2) is 0 Å². The minimum atomic E-state index is -0.104. The summed E-state index contributed by atoms with van der Waals surface area (Å²) in [5.41, 5.74) is 0.0390. The lowest BCUT2D eigenvalue weighted by Crippen LogP contribution is -2.30. The number of rotatable bonds is 7. The van der Waals surface area contributed by atoms with E-state index in [2.05, 4.69) is 19.2 Å². The van der Waals surface area contributed by atoms with Gasteiger partial charge >= 0.3 is 5.97 Å². The van der Waals surface area contributed by atoms with Gasteiger partial charge in [0.05, 0.1) is 18.3 Å². The van der Waals surface area contributed by atoms with Gasteiger partial charge in [0.2, 0.25) is 0 Å². The average molecular weight is 243 g/mol. The number of ether oxygens (including phenoxy) is 2. The predicted octanol–water partition coefficient (Wildman–Crippen LogP) is 1.88. The van der Waals surface area contributed by atoms with Gasteiger partial charge in [-0.05, 0) is 46.6 Å². The SMILES string of the molecule is CCOC(=O)CCCNCC1CCC(C)(C)O1. The van der Waals surface area contributed by atoms with Gasteiger partial charge in [0.15, 0.2) is 0 Å². The van der Waals surface area contributed by atoms with Crippen LogP contribution in [0.5, 0.6) is 0 Å². The molecule has 0 aliphatic carbocycles. The van der Waals surface area contributed by atoms with Crippen molar-refractivity contribution in [1.82, 2.24) is 5.32 Å². The van der Waals surface area contributed by atoms with E-state index in [1.807, 2.05) is 6.92 Å². The minimum Gasteiger partial charge on any atom is -0.466 e. The van der Waals surface area contributed by atoms with Crippen molar-refractivity contribution in [1.29, 1.82) is 0 Å². The van der Waals surface area contributed by atoms with E-state index >= 15 is 0 Å². The summed E-state index contributed by atoms with van der Waals surface area (Å²) in [7, 11) is 0. The number of esters is 1. The van der Waals surface area contributed by atoms with Crippen LogP contribution in [0.4, 0.5) is 0 Å². The Hall–Kier alpha value is -0.610. The Morgan fingerprint density at radius 2 is 2.29 bits per heavy atom. The molecule has 1 fully saturated rings. The number of carbonyl (C=O) groups is 1. The zero-order valence-electron chi connectivity index (χ0n) is 11.3. The highest BCUT2D eigenvalue weighted by Crippen LogP contribution is 2.28. The first-order chi connectivity index (χ1) is 8.03. The van der Waals surface area contributed by atoms with Crippen LogP contribution in [-0.2, 0) is 14.3 Å². The summed E-state index contributed by atoms with van der Waals surface area (Å²) in [6, 6.07) is 0. The molecule has 1 aliphatic heterocycles. The number of hydrogen-bond acceptors (Lipinski definition) is 4. The normalized spacial score (nSPS) is 22.6. The second-order valence-electron chi connectivity index (χ2n) is 5.15. The minimum absolute atomic E-state index is 0.0390. The summed E-state index contributed by atoms with van der Waals surface area (Å²) in [5, 5.41) is 3.33. The highest BCUT2D eigenvalue weighted by Gasteiger charge is 2.30. The molecule has 0 aromatic carbocycles. The van der Waals surface area contributed by atoms with E-state index < -0.39 is 0 Å². The molecule has 100 valence electrons. The summed E-state index contributed by atoms with van der Waals surface area (Å²) in [6.45, 7) is 8.29. The molecule has 1 N–H and O–H groups in total. The van der Waals surface area contributed by atoms with Crippen LogP contribution in [0.2, 0.25) is 0 Å². The lowest BCUT2D eigenvalue weighted by atomic mass is 10.1. The zero-order chi connectivity index (χ0) is 12.7. The molecular formula is C13H25NO3. The van der Waals surface area contributed by atoms with Crippen LogP contribution in [-0.4, -0.2) is 37.4 Å². The molecule has 0 spiro atoms. The number of nitrogens with one attached hydrogen (secondary N) is 1. The number of hydrogen-bond donors (Lipinski definition) is 1. The van der Waals surface area contributed by atoms with Gasteiger partial charge in [-0.3, -0.25) is 4.79 Å². The van der Waals surface area contributed by atoms with Crippen molar-refractivity contribution >= 4 is 5.97 Å². The van der Waals surface area contributed by atoms with E-state index in [1.165, 1.54) is 0 Å². The van der Waals surface area contributed by atoms with E-state index in [-0.39, 0.29) is 11.6 Å². The summed E-state index contributed by atoms with van der Waals surface area (Å²) in [6.07, 6.45) is 3.90. The maximum Gasteiger partial charge on any atom is 0.305 e. The quantitative estimate of drug-likeness (QED) is 0.548. The molecule has 0 amide bonds. The molecule has 0 bridgehead atoms. The Bertz CT molecular complexity index is 241. The van der Waals surface area contributed by atoms with Crippen LogP contribution in [0.3, 0.4) is 0 Å². The third-order valence-electron chi connectivity index (χ3n) is 2.97. The maximum absolute atomic E-state index is 11.1. The Labute approximate surface area is 104 Å². The Morgan fingerprint density at radius 1 is 1.53 bits per heavy atom. The van der Waals surface area contributed by atoms with Crippen LogP contribution >= 0.6 is 0 Å². The van der Waals surface area contributed by atoms with Gasteiger partial charge < -0.3 is 14.8 Å². The summed E-state index contributed by atoms with van der Waals surface area (Å²) in [4.78, 5) is 11.1. The van der Waals surface area contributed by atoms with E-state index in [4.69, 9.17) is 9.47 Å². The molecule has 0 saturated carbocycles. The van der Waals surface area contributed by atoms with E-state index in [0.717, 1.165) is 32.4 Å². The molecule has 17 heavy (non-hydrogen) atoms. The monoisotopic (exact) mass is 243 g/mol. The van der Waals surface area contributed by atoms with Crippen LogP contribution in [0.25, 0.3) is 0 Å². The van der Waals surface area contributed by atoms with Crippen LogP contribution in [0.15, 0.2) is 0 Å². The first kappa shape index (κ1) is 14.5. The van der Waals surface area contributed by atoms with E-state index in [0.29, 0.717) is 19.1 Å². The fourth-order valence-corrected chi connectivity index (χ4v) is 2.08. The van der Waals surface area contributed by atoms with Gasteiger partial charge in [0.1, 0.15) is 0 Å². The largest absolute Gasteiger partial charge is 0.466 e. The van der Waals surface area contributed by atoms with Crippen molar-refractivity contribution in [2.24, 2.45) is 0 Å². The topological polar surface area (TPSA) is 47.6 Å². The molecule has 0 aromatic heterocycles. The zero-order valence-corrected chi connectivity index (χ0v) is 11.3. The summed E-state index contributed by atoms with van der Waals surface area (Å²) in [5.74, 6) is -0.104. The molecule has 4 nitrogen and oxygen atoms in total. The van der Waals surface area contributed by atoms with Crippen molar-refractivity contribution in [3.63, 3.8) is 0 Å². The van der Waals surface area contributed by atoms with Gasteiger partial charge in [-0.1, -0.05) is 0 Å². The molecule has 0 aromatic rings. The molecule has 1 rings (SSSR count). The molecule has 1 aliphatic rings. The lowest BCUT2D eigenvalue weighted by molar-refractivity contribution is -0.143. The fraction of sp³-hybridized carbons (Fsp3) is 0.923. The summed E-state index contributed by atoms with van der Waals surface area (Å²) >= 11 is 0. The van der Waals surface area contributed by atoms with Crippen molar-refractivity contribution in [2.75, 3.05) is 19.7 Å². The van der Waals surface area contributed by atoms with Crippen molar-refractivity contribution < 1.29 is 14.3 Å². The molecule has 1 heterocycles. The first-order valence-corrected chi connectivity index (χ1v) is 6.57. The second kappa shape index (κ2) is 6.97. The molecule has 4 heteroatoms. The Balaban J connectivity index is 1.96. The van der Waals surface area contributed by atoms with Crippen molar-refractivity contribution in [3.8, 4) is 0 Å². The van der Waals surface area contributed by atoms with Crippen molar-refractivity contribution in [2.45, 2.75) is 58.2 Å². The number of carbonyl (C=O) groups excluding carboxylic acids is 1. The third kappa shape index (κ3) is 6.03. The molecule has 1 unspecified atom stereocenters. The predicted molar refractivity (Wildman–Crippen MR) is 66.9 cm³/mol. The standard InChI is InChI=1S/C13H25NO3/c1-4-16-12(15)6-5-9-14-10-11-7-8-13(2,3)17-11/h11,14H,4-10H2,1-3H3. The van der Waals surface area contributed by atoms with Crippen LogP contribution < -0.4 is 5.32 Å². The van der Waals surface area contributed by atoms with Gasteiger partial charge in [-0.15, -0.1) is 0 Å². The van der Waals surface area contributed by atoms with E-state index in [1.54, 1.807) is 0 Å². The summed E-state index contributed by atoms with van der Waals surface area (Å²) < 4.78 is 10.7. The van der Waals surface area contributed by atoms with Crippen LogP contribution in [0, 0.1) is 0 Å². The van der Waals surface area contributed by atoms with Crippen LogP contribution in [0.1, 0.15) is 46.5 Å². The highest BCUT2D eigenvalue weighted by atomic mass is 16.5. The molecular weight excluding hydrogens is 218 g/mol. The third-order valence-corrected chi connectivity index (χ3v) is 2.97. The fourth-order valence-electron chi connectivity index (χ4n) is 2.08. The van der Waals surface area contributed by atoms with Gasteiger partial charge in [-0.2, -0.15) is 0 Å². The highest BCUT2D eigenvalue weighted by molar-refractivity contribution is 5.69. The molecule has 1 saturated heterocycles. The Morgan fingerprint density at radius 3 is 2.88 bits per heavy atom. The average Bonchev–Trinajstić information content (AvgIpc) is 2.58. The molecule has 1 atom stereocenters. The van der Waals surface area contributed by atoms with Gasteiger partial charge in [0.25, 0.3) is 0 Å². The smallest absolute Gasteiger partial charge is 0.305 e. The lowest BCUT2D eigenvalue weighted by Gasteiger charge is -2.19. The Kier molecular flexibility index (Phi) is 5.92. The second-order valence-corrected chi connectivity index (χ2v) is 5.15. The molecule has 0 radical (unpaired) electrons. The van der Waals surface area contributed by atoms with Crippen molar-refractivity contribution in [3.05, 3.63) is 0 Å². The van der Waals surface area contributed by atoms with Gasteiger partial charge in [0, 0.05) is 13.0 Å².